The van der Waals surface area contributed by atoms with E-state index in [2.05, 4.69) is 34.3 Å². The van der Waals surface area contributed by atoms with Crippen LogP contribution in [0.1, 0.15) is 5.82 Å². The van der Waals surface area contributed by atoms with Crippen molar-refractivity contribution >= 4 is 0 Å². The SMILES string of the molecule is Cc1ncn(-c2cccc(-c3ccccc3)c2)n1. The highest BCUT2D eigenvalue weighted by Crippen LogP contribution is 2.21. The molecule has 0 amide bonds. The average Bonchev–Trinajstić information content (AvgIpc) is 2.87. The predicted molar refractivity (Wildman–Crippen MR) is 71.5 cm³/mol. The Kier molecular flexibility index (Phi) is 2.65. The van der Waals surface area contributed by atoms with Gasteiger partial charge < -0.3 is 0 Å². The van der Waals surface area contributed by atoms with Crippen molar-refractivity contribution in [3.63, 3.8) is 0 Å². The van der Waals surface area contributed by atoms with Crippen molar-refractivity contribution < 1.29 is 0 Å². The molecule has 2 aromatic carbocycles. The quantitative estimate of drug-likeness (QED) is 0.682. The first-order valence-electron chi connectivity index (χ1n) is 5.87. The molecule has 0 aliphatic heterocycles. The molecule has 0 fully saturated rings. The summed E-state index contributed by atoms with van der Waals surface area (Å²) in [6.07, 6.45) is 1.74. The summed E-state index contributed by atoms with van der Waals surface area (Å²) >= 11 is 0. The monoisotopic (exact) mass is 235 g/mol. The van der Waals surface area contributed by atoms with E-state index in [1.54, 1.807) is 11.0 Å². The van der Waals surface area contributed by atoms with Crippen molar-refractivity contribution in [3.8, 4) is 16.8 Å². The van der Waals surface area contributed by atoms with Crippen LogP contribution in [0, 0.1) is 6.92 Å². The lowest BCUT2D eigenvalue weighted by Gasteiger charge is -2.05. The van der Waals surface area contributed by atoms with Crippen molar-refractivity contribution in [2.45, 2.75) is 6.92 Å². The molecule has 0 bridgehead atoms. The highest BCUT2D eigenvalue weighted by Gasteiger charge is 2.02. The smallest absolute Gasteiger partial charge is 0.147 e. The van der Waals surface area contributed by atoms with Crippen LogP contribution in [0.25, 0.3) is 16.8 Å². The van der Waals surface area contributed by atoms with Gasteiger partial charge in [0.15, 0.2) is 0 Å². The molecule has 0 aliphatic rings. The molecule has 3 aromatic rings. The third-order valence-corrected chi connectivity index (χ3v) is 2.82. The number of aryl methyl sites for hydroxylation is 1. The fourth-order valence-corrected chi connectivity index (χ4v) is 1.93. The van der Waals surface area contributed by atoms with Gasteiger partial charge in [-0.05, 0) is 30.2 Å². The molecule has 3 rings (SSSR count). The molecule has 0 atom stereocenters. The number of nitrogens with zero attached hydrogens (tertiary/aromatic N) is 3. The minimum atomic E-state index is 0.778. The Hall–Kier alpha value is -2.42. The largest absolute Gasteiger partial charge is 0.221 e. The van der Waals surface area contributed by atoms with Crippen LogP contribution in [0.3, 0.4) is 0 Å². The Morgan fingerprint density at radius 3 is 2.39 bits per heavy atom. The van der Waals surface area contributed by atoms with Crippen LogP contribution in [0.15, 0.2) is 60.9 Å². The zero-order valence-electron chi connectivity index (χ0n) is 10.1. The van der Waals surface area contributed by atoms with E-state index in [4.69, 9.17) is 0 Å². The Balaban J connectivity index is 2.05. The molecule has 0 N–H and O–H groups in total. The van der Waals surface area contributed by atoms with Crippen molar-refractivity contribution in [1.82, 2.24) is 14.8 Å². The lowest BCUT2D eigenvalue weighted by atomic mass is 10.1. The summed E-state index contributed by atoms with van der Waals surface area (Å²) in [5.74, 6) is 0.778. The maximum Gasteiger partial charge on any atom is 0.147 e. The number of hydrogen-bond acceptors (Lipinski definition) is 2. The van der Waals surface area contributed by atoms with Crippen molar-refractivity contribution in [1.29, 1.82) is 0 Å². The first-order chi connectivity index (χ1) is 8.83. The molecule has 0 radical (unpaired) electrons. The molecule has 0 unspecified atom stereocenters. The number of rotatable bonds is 2. The van der Waals surface area contributed by atoms with Crippen LogP contribution in [0.4, 0.5) is 0 Å². The van der Waals surface area contributed by atoms with Crippen molar-refractivity contribution in [3.05, 3.63) is 66.7 Å². The second-order valence-corrected chi connectivity index (χ2v) is 4.15. The second kappa shape index (κ2) is 4.45. The molecule has 3 nitrogen and oxygen atoms in total. The van der Waals surface area contributed by atoms with E-state index >= 15 is 0 Å². The Morgan fingerprint density at radius 2 is 1.67 bits per heavy atom. The second-order valence-electron chi connectivity index (χ2n) is 4.15. The summed E-state index contributed by atoms with van der Waals surface area (Å²) in [6.45, 7) is 1.89. The fourth-order valence-electron chi connectivity index (χ4n) is 1.93. The molecule has 0 spiro atoms. The van der Waals surface area contributed by atoms with Gasteiger partial charge in [-0.3, -0.25) is 0 Å². The predicted octanol–water partition coefficient (Wildman–Crippen LogP) is 3.24. The minimum absolute atomic E-state index is 0.778. The first kappa shape index (κ1) is 10.7. The molecule has 88 valence electrons. The van der Waals surface area contributed by atoms with Gasteiger partial charge in [0, 0.05) is 0 Å². The summed E-state index contributed by atoms with van der Waals surface area (Å²) in [5, 5.41) is 4.32. The topological polar surface area (TPSA) is 30.7 Å². The Bertz CT molecular complexity index is 656. The molecular formula is C15H13N3. The van der Waals surface area contributed by atoms with Gasteiger partial charge in [0.25, 0.3) is 0 Å². The van der Waals surface area contributed by atoms with Crippen LogP contribution in [-0.2, 0) is 0 Å². The van der Waals surface area contributed by atoms with Gasteiger partial charge in [0.05, 0.1) is 5.69 Å². The highest BCUT2D eigenvalue weighted by molar-refractivity contribution is 5.65. The van der Waals surface area contributed by atoms with E-state index in [1.165, 1.54) is 11.1 Å². The number of hydrogen-bond donors (Lipinski definition) is 0. The van der Waals surface area contributed by atoms with Crippen LogP contribution in [0.5, 0.6) is 0 Å². The van der Waals surface area contributed by atoms with Crippen molar-refractivity contribution in [2.24, 2.45) is 0 Å². The standard InChI is InChI=1S/C15H13N3/c1-12-16-11-18(17-12)15-9-5-8-14(10-15)13-6-3-2-4-7-13/h2-11H,1H3. The molecule has 1 aromatic heterocycles. The minimum Gasteiger partial charge on any atom is -0.221 e. The fraction of sp³-hybridized carbons (Fsp3) is 0.0667. The number of aromatic nitrogens is 3. The van der Waals surface area contributed by atoms with Gasteiger partial charge in [-0.2, -0.15) is 5.10 Å². The molecule has 0 saturated carbocycles. The van der Waals surface area contributed by atoms with E-state index in [0.717, 1.165) is 11.5 Å². The highest BCUT2D eigenvalue weighted by atomic mass is 15.3. The first-order valence-corrected chi connectivity index (χ1v) is 5.87. The zero-order chi connectivity index (χ0) is 12.4. The van der Waals surface area contributed by atoms with E-state index in [9.17, 15) is 0 Å². The Morgan fingerprint density at radius 1 is 0.889 bits per heavy atom. The van der Waals surface area contributed by atoms with Crippen LogP contribution >= 0.6 is 0 Å². The molecule has 0 saturated heterocycles. The van der Waals surface area contributed by atoms with E-state index in [-0.39, 0.29) is 0 Å². The van der Waals surface area contributed by atoms with Crippen LogP contribution in [-0.4, -0.2) is 14.8 Å². The van der Waals surface area contributed by atoms with Gasteiger partial charge in [-0.1, -0.05) is 42.5 Å². The van der Waals surface area contributed by atoms with Gasteiger partial charge in [-0.15, -0.1) is 0 Å². The molecular weight excluding hydrogens is 222 g/mol. The van der Waals surface area contributed by atoms with Crippen LogP contribution in [0.2, 0.25) is 0 Å². The lowest BCUT2D eigenvalue weighted by molar-refractivity contribution is 0.863. The average molecular weight is 235 g/mol. The molecule has 0 aliphatic carbocycles. The maximum atomic E-state index is 4.32. The summed E-state index contributed by atoms with van der Waals surface area (Å²) in [7, 11) is 0. The maximum absolute atomic E-state index is 4.32. The third-order valence-electron chi connectivity index (χ3n) is 2.82. The zero-order valence-corrected chi connectivity index (χ0v) is 10.1. The van der Waals surface area contributed by atoms with E-state index < -0.39 is 0 Å². The van der Waals surface area contributed by atoms with Crippen LogP contribution < -0.4 is 0 Å². The summed E-state index contributed by atoms with van der Waals surface area (Å²) < 4.78 is 1.79. The molecule has 3 heteroatoms. The summed E-state index contributed by atoms with van der Waals surface area (Å²) in [4.78, 5) is 4.15. The van der Waals surface area contributed by atoms with Crippen molar-refractivity contribution in [2.75, 3.05) is 0 Å². The lowest BCUT2D eigenvalue weighted by Crippen LogP contribution is -1.95. The van der Waals surface area contributed by atoms with Gasteiger partial charge in [0.1, 0.15) is 12.2 Å². The Labute approximate surface area is 106 Å². The molecule has 18 heavy (non-hydrogen) atoms. The number of benzene rings is 2. The van der Waals surface area contributed by atoms with Gasteiger partial charge >= 0.3 is 0 Å². The summed E-state index contributed by atoms with van der Waals surface area (Å²) in [5.41, 5.74) is 3.41. The van der Waals surface area contributed by atoms with Gasteiger partial charge in [0.2, 0.25) is 0 Å². The summed E-state index contributed by atoms with van der Waals surface area (Å²) in [6, 6.07) is 18.6. The van der Waals surface area contributed by atoms with Gasteiger partial charge in [-0.25, -0.2) is 9.67 Å². The molecule has 1 heterocycles. The van der Waals surface area contributed by atoms with E-state index in [1.807, 2.05) is 37.3 Å². The normalized spacial score (nSPS) is 10.5. The van der Waals surface area contributed by atoms with E-state index in [0.29, 0.717) is 0 Å². The third kappa shape index (κ3) is 2.02.